The van der Waals surface area contributed by atoms with E-state index in [2.05, 4.69) is 170 Å². The van der Waals surface area contributed by atoms with Crippen LogP contribution in [-0.2, 0) is 5.41 Å². The van der Waals surface area contributed by atoms with Crippen molar-refractivity contribution >= 4 is 17.1 Å². The van der Waals surface area contributed by atoms with Crippen LogP contribution in [0.15, 0.2) is 194 Å². The summed E-state index contributed by atoms with van der Waals surface area (Å²) in [6, 6.07) is 68.6. The Kier molecular flexibility index (Phi) is 8.01. The summed E-state index contributed by atoms with van der Waals surface area (Å²) in [4.78, 5) is 2.36. The minimum Gasteiger partial charge on any atom is -0.507 e. The van der Waals surface area contributed by atoms with Gasteiger partial charge in [-0.3, -0.25) is 0 Å². The average molecular weight is 682 g/mol. The Morgan fingerprint density at radius 1 is 0.340 bits per heavy atom. The highest BCUT2D eigenvalue weighted by molar-refractivity contribution is 5.87. The molecular weight excluding hydrogens is 643 g/mol. The second kappa shape index (κ2) is 13.2. The van der Waals surface area contributed by atoms with Gasteiger partial charge in [0.15, 0.2) is 0 Å². The first-order valence-electron chi connectivity index (χ1n) is 18.2. The lowest BCUT2D eigenvalue weighted by Crippen LogP contribution is -2.16. The van der Waals surface area contributed by atoms with Crippen LogP contribution < -0.4 is 4.90 Å². The number of fused-ring (bicyclic) bond motifs is 3. The van der Waals surface area contributed by atoms with Gasteiger partial charge in [0.05, 0.1) is 0 Å². The zero-order valence-electron chi connectivity index (χ0n) is 29.9. The number of anilines is 3. The Balaban J connectivity index is 1.09. The van der Waals surface area contributed by atoms with Crippen molar-refractivity contribution in [3.05, 3.63) is 205 Å². The van der Waals surface area contributed by atoms with E-state index in [-0.39, 0.29) is 11.2 Å². The molecule has 0 radical (unpaired) electrons. The Morgan fingerprint density at radius 2 is 0.774 bits per heavy atom. The predicted molar refractivity (Wildman–Crippen MR) is 222 cm³/mol. The highest BCUT2D eigenvalue weighted by Gasteiger charge is 2.35. The van der Waals surface area contributed by atoms with Crippen molar-refractivity contribution in [2.24, 2.45) is 0 Å². The van der Waals surface area contributed by atoms with Crippen LogP contribution in [0.25, 0.3) is 55.6 Å². The molecule has 0 saturated heterocycles. The molecule has 0 atom stereocenters. The Morgan fingerprint density at radius 3 is 1.38 bits per heavy atom. The van der Waals surface area contributed by atoms with Crippen LogP contribution in [0, 0.1) is 0 Å². The maximum absolute atomic E-state index is 10.7. The molecule has 0 aliphatic heterocycles. The van der Waals surface area contributed by atoms with Crippen molar-refractivity contribution in [2.45, 2.75) is 19.3 Å². The van der Waals surface area contributed by atoms with E-state index in [1.54, 1.807) is 6.07 Å². The molecule has 2 heteroatoms. The number of phenolic OH excluding ortho intramolecular Hbond substituents is 1. The number of hydrogen-bond donors (Lipinski definition) is 1. The molecule has 0 bridgehead atoms. The fourth-order valence-electron chi connectivity index (χ4n) is 7.93. The number of nitrogens with zero attached hydrogens (tertiary/aromatic N) is 1. The summed E-state index contributed by atoms with van der Waals surface area (Å²) in [7, 11) is 0. The van der Waals surface area contributed by atoms with Crippen molar-refractivity contribution in [2.75, 3.05) is 4.90 Å². The monoisotopic (exact) mass is 681 g/mol. The first-order valence-corrected chi connectivity index (χ1v) is 18.2. The van der Waals surface area contributed by atoms with Crippen molar-refractivity contribution in [3.63, 3.8) is 0 Å². The summed E-state index contributed by atoms with van der Waals surface area (Å²) in [5.41, 5.74) is 17.3. The van der Waals surface area contributed by atoms with E-state index in [1.807, 2.05) is 36.4 Å². The third kappa shape index (κ3) is 5.89. The van der Waals surface area contributed by atoms with Gasteiger partial charge < -0.3 is 10.0 Å². The molecule has 2 nitrogen and oxygen atoms in total. The summed E-state index contributed by atoms with van der Waals surface area (Å²) in [6.07, 6.45) is 0. The smallest absolute Gasteiger partial charge is 0.123 e. The van der Waals surface area contributed by atoms with E-state index in [1.165, 1.54) is 44.5 Å². The van der Waals surface area contributed by atoms with E-state index in [9.17, 15) is 5.11 Å². The minimum atomic E-state index is -0.109. The molecule has 1 aliphatic carbocycles. The summed E-state index contributed by atoms with van der Waals surface area (Å²) in [6.45, 7) is 4.67. The second-order valence-electron chi connectivity index (χ2n) is 14.4. The molecule has 1 aliphatic rings. The molecule has 0 amide bonds. The lowest BCUT2D eigenvalue weighted by molar-refractivity contribution is 0.477. The SMILES string of the molecule is CC1(C)c2ccccc2-c2ccc(N(c3ccc(-c4ccc(-c5ccccc5)cc4)cc3)c3ccc(-c4ccc(O)c(-c5ccccc5)c4)cc3)cc21. The topological polar surface area (TPSA) is 23.5 Å². The van der Waals surface area contributed by atoms with Crippen LogP contribution in [0.3, 0.4) is 0 Å². The largest absolute Gasteiger partial charge is 0.507 e. The zero-order chi connectivity index (χ0) is 35.9. The van der Waals surface area contributed by atoms with Gasteiger partial charge in [0, 0.05) is 28.0 Å². The van der Waals surface area contributed by atoms with Crippen molar-refractivity contribution in [3.8, 4) is 61.4 Å². The van der Waals surface area contributed by atoms with Crippen molar-refractivity contribution in [1.82, 2.24) is 0 Å². The molecule has 8 aromatic rings. The molecule has 0 fully saturated rings. The maximum Gasteiger partial charge on any atom is 0.123 e. The molecule has 9 rings (SSSR count). The van der Waals surface area contributed by atoms with Crippen LogP contribution in [-0.4, -0.2) is 5.11 Å². The van der Waals surface area contributed by atoms with E-state index in [0.717, 1.165) is 39.3 Å². The van der Waals surface area contributed by atoms with Crippen molar-refractivity contribution in [1.29, 1.82) is 0 Å². The Labute approximate surface area is 311 Å². The van der Waals surface area contributed by atoms with E-state index in [0.29, 0.717) is 0 Å². The summed E-state index contributed by atoms with van der Waals surface area (Å²) in [5, 5.41) is 10.7. The molecule has 0 heterocycles. The van der Waals surface area contributed by atoms with E-state index < -0.39 is 0 Å². The lowest BCUT2D eigenvalue weighted by atomic mass is 9.82. The highest BCUT2D eigenvalue weighted by Crippen LogP contribution is 2.50. The number of aromatic hydroxyl groups is 1. The highest BCUT2D eigenvalue weighted by atomic mass is 16.3. The van der Waals surface area contributed by atoms with Gasteiger partial charge in [-0.2, -0.15) is 0 Å². The Bertz CT molecular complexity index is 2550. The Hall–Kier alpha value is -6.64. The van der Waals surface area contributed by atoms with Gasteiger partial charge in [0.1, 0.15) is 5.75 Å². The third-order valence-electron chi connectivity index (χ3n) is 10.8. The van der Waals surface area contributed by atoms with E-state index >= 15 is 0 Å². The normalized spacial score (nSPS) is 12.6. The summed E-state index contributed by atoms with van der Waals surface area (Å²) >= 11 is 0. The van der Waals surface area contributed by atoms with Crippen LogP contribution in [0.1, 0.15) is 25.0 Å². The van der Waals surface area contributed by atoms with Gasteiger partial charge in [0.25, 0.3) is 0 Å². The summed E-state index contributed by atoms with van der Waals surface area (Å²) in [5.74, 6) is 0.278. The van der Waals surface area contributed by atoms with Gasteiger partial charge in [-0.1, -0.05) is 159 Å². The lowest BCUT2D eigenvalue weighted by Gasteiger charge is -2.28. The van der Waals surface area contributed by atoms with Gasteiger partial charge in [0.2, 0.25) is 0 Å². The molecular formula is C51H39NO. The fraction of sp³-hybridized carbons (Fsp3) is 0.0588. The number of rotatable bonds is 7. The molecule has 53 heavy (non-hydrogen) atoms. The standard InChI is InChI=1S/C51H39NO/c1-51(2)48-16-10-9-15-45(48)46-31-30-44(34-49(46)51)52(42-26-21-38(22-27-42)37-19-17-36(18-20-37)35-11-5-3-6-12-35)43-28-23-39(24-29-43)41-25-32-50(53)47(33-41)40-13-7-4-8-14-40/h3-34,53H,1-2H3. The van der Waals surface area contributed by atoms with E-state index in [4.69, 9.17) is 0 Å². The predicted octanol–water partition coefficient (Wildman–Crippen LogP) is 13.8. The molecule has 254 valence electrons. The number of benzene rings is 8. The van der Waals surface area contributed by atoms with Gasteiger partial charge in [-0.05, 0) is 110 Å². The van der Waals surface area contributed by atoms with Gasteiger partial charge in [-0.15, -0.1) is 0 Å². The minimum absolute atomic E-state index is 0.109. The first-order chi connectivity index (χ1) is 25.9. The molecule has 0 aromatic heterocycles. The first kappa shape index (κ1) is 32.3. The van der Waals surface area contributed by atoms with Gasteiger partial charge in [-0.25, -0.2) is 0 Å². The second-order valence-corrected chi connectivity index (χ2v) is 14.4. The number of phenols is 1. The van der Waals surface area contributed by atoms with Crippen LogP contribution >= 0.6 is 0 Å². The van der Waals surface area contributed by atoms with Crippen LogP contribution in [0.2, 0.25) is 0 Å². The summed E-state index contributed by atoms with van der Waals surface area (Å²) < 4.78 is 0. The third-order valence-corrected chi connectivity index (χ3v) is 10.8. The molecule has 1 N–H and O–H groups in total. The zero-order valence-corrected chi connectivity index (χ0v) is 29.9. The average Bonchev–Trinajstić information content (AvgIpc) is 3.45. The maximum atomic E-state index is 10.7. The van der Waals surface area contributed by atoms with Gasteiger partial charge >= 0.3 is 0 Å². The number of hydrogen-bond acceptors (Lipinski definition) is 2. The molecule has 0 saturated carbocycles. The van der Waals surface area contributed by atoms with Crippen LogP contribution in [0.5, 0.6) is 5.75 Å². The fourth-order valence-corrected chi connectivity index (χ4v) is 7.93. The molecule has 0 spiro atoms. The molecule has 0 unspecified atom stereocenters. The quantitative estimate of drug-likeness (QED) is 0.181. The van der Waals surface area contributed by atoms with Crippen LogP contribution in [0.4, 0.5) is 17.1 Å². The molecule has 8 aromatic carbocycles. The van der Waals surface area contributed by atoms with Crippen molar-refractivity contribution < 1.29 is 5.11 Å².